The summed E-state index contributed by atoms with van der Waals surface area (Å²) in [4.78, 5) is 26.4. The molecular weight excluding hydrogens is 446 g/mol. The van der Waals surface area contributed by atoms with Crippen molar-refractivity contribution in [1.29, 1.82) is 0 Å². The summed E-state index contributed by atoms with van der Waals surface area (Å²) >= 11 is 0. The molecule has 11 nitrogen and oxygen atoms in total. The van der Waals surface area contributed by atoms with Gasteiger partial charge in [-0.3, -0.25) is 4.79 Å². The van der Waals surface area contributed by atoms with Crippen LogP contribution >= 0.6 is 0 Å². The molecule has 0 bridgehead atoms. The van der Waals surface area contributed by atoms with Crippen LogP contribution < -0.4 is 29.1 Å². The van der Waals surface area contributed by atoms with Gasteiger partial charge in [0.1, 0.15) is 0 Å². The van der Waals surface area contributed by atoms with Crippen molar-refractivity contribution in [3.63, 3.8) is 0 Å². The molecule has 0 aliphatic carbocycles. The van der Waals surface area contributed by atoms with E-state index in [0.717, 1.165) is 0 Å². The van der Waals surface area contributed by atoms with Crippen molar-refractivity contribution < 1.29 is 38.0 Å². The smallest absolute Gasteiger partial charge is 0.415 e. The second-order valence-electron chi connectivity index (χ2n) is 6.99. The molecule has 2 amide bonds. The van der Waals surface area contributed by atoms with E-state index < -0.39 is 12.0 Å². The third kappa shape index (κ3) is 5.87. The van der Waals surface area contributed by atoms with Gasteiger partial charge in [0, 0.05) is 18.7 Å². The highest BCUT2D eigenvalue weighted by Crippen LogP contribution is 2.38. The van der Waals surface area contributed by atoms with Crippen LogP contribution in [0, 0.1) is 0 Å². The second-order valence-corrected chi connectivity index (χ2v) is 6.99. The summed E-state index contributed by atoms with van der Waals surface area (Å²) in [6.45, 7) is 1.89. The number of methoxy groups -OCH3 is 4. The standard InChI is InChI=1S/C23H27N3O8/c1-29-18-11-15(5-6-17(18)34-23(28)26-7-9-33-10-8-26)14-24-25-22(27)16-12-19(30-2)21(32-4)20(13-16)31-3/h5-6,11-14H,7-10H2,1-4H3,(H,25,27)/b24-14-. The van der Waals surface area contributed by atoms with Gasteiger partial charge in [0.25, 0.3) is 5.91 Å². The van der Waals surface area contributed by atoms with E-state index in [9.17, 15) is 9.59 Å². The molecule has 0 atom stereocenters. The Bertz CT molecular complexity index is 1030. The number of nitrogens with zero attached hydrogens (tertiary/aromatic N) is 2. The number of hydrogen-bond acceptors (Lipinski definition) is 9. The van der Waals surface area contributed by atoms with Crippen molar-refractivity contribution in [3.8, 4) is 28.7 Å². The molecule has 1 aliphatic rings. The predicted octanol–water partition coefficient (Wildman–Crippen LogP) is 2.32. The average Bonchev–Trinajstić information content (AvgIpc) is 2.88. The zero-order valence-corrected chi connectivity index (χ0v) is 19.5. The Kier molecular flexibility index (Phi) is 8.52. The van der Waals surface area contributed by atoms with Crippen LogP contribution in [0.15, 0.2) is 35.4 Å². The number of hydrogen-bond donors (Lipinski definition) is 1. The Morgan fingerprint density at radius 1 is 0.912 bits per heavy atom. The summed E-state index contributed by atoms with van der Waals surface area (Å²) < 4.78 is 31.8. The van der Waals surface area contributed by atoms with Crippen molar-refractivity contribution in [1.82, 2.24) is 10.3 Å². The molecular formula is C23H27N3O8. The molecule has 0 saturated carbocycles. The Balaban J connectivity index is 1.67. The topological polar surface area (TPSA) is 117 Å². The maximum atomic E-state index is 12.5. The monoisotopic (exact) mass is 473 g/mol. The van der Waals surface area contributed by atoms with Crippen LogP contribution in [-0.4, -0.2) is 77.9 Å². The number of carbonyl (C=O) groups is 2. The van der Waals surface area contributed by atoms with Gasteiger partial charge in [0.05, 0.1) is 47.9 Å². The van der Waals surface area contributed by atoms with Gasteiger partial charge in [-0.25, -0.2) is 10.2 Å². The molecule has 1 heterocycles. The highest BCUT2D eigenvalue weighted by molar-refractivity contribution is 5.96. The SMILES string of the molecule is COc1cc(/C=N\NC(=O)c2cc(OC)c(OC)c(OC)c2)ccc1OC(=O)N1CCOCC1. The molecule has 1 N–H and O–H groups in total. The summed E-state index contributed by atoms with van der Waals surface area (Å²) in [5.74, 6) is 1.23. The molecule has 1 saturated heterocycles. The Morgan fingerprint density at radius 3 is 2.15 bits per heavy atom. The summed E-state index contributed by atoms with van der Waals surface area (Å²) in [5.41, 5.74) is 3.34. The number of amides is 2. The van der Waals surface area contributed by atoms with Crippen LogP contribution in [0.4, 0.5) is 4.79 Å². The number of nitrogens with one attached hydrogen (secondary N) is 1. The van der Waals surface area contributed by atoms with E-state index in [-0.39, 0.29) is 11.3 Å². The molecule has 3 rings (SSSR count). The number of hydrazone groups is 1. The van der Waals surface area contributed by atoms with Gasteiger partial charge in [0.15, 0.2) is 23.0 Å². The number of carbonyl (C=O) groups excluding carboxylic acids is 2. The van der Waals surface area contributed by atoms with E-state index >= 15 is 0 Å². The molecule has 2 aromatic rings. The first-order valence-corrected chi connectivity index (χ1v) is 10.4. The summed E-state index contributed by atoms with van der Waals surface area (Å²) in [6, 6.07) is 7.95. The predicted molar refractivity (Wildman–Crippen MR) is 123 cm³/mol. The van der Waals surface area contributed by atoms with Crippen molar-refractivity contribution in [3.05, 3.63) is 41.5 Å². The minimum atomic E-state index is -0.474. The summed E-state index contributed by atoms with van der Waals surface area (Å²) in [6.07, 6.45) is 0.965. The Hall–Kier alpha value is -3.99. The fraction of sp³-hybridized carbons (Fsp3) is 0.348. The van der Waals surface area contributed by atoms with Crippen LogP contribution in [0.2, 0.25) is 0 Å². The van der Waals surface area contributed by atoms with Gasteiger partial charge >= 0.3 is 6.09 Å². The summed E-state index contributed by atoms with van der Waals surface area (Å²) in [7, 11) is 5.88. The zero-order chi connectivity index (χ0) is 24.5. The van der Waals surface area contributed by atoms with E-state index in [4.69, 9.17) is 28.4 Å². The number of morpholine rings is 1. The average molecular weight is 473 g/mol. The molecule has 182 valence electrons. The molecule has 0 aromatic heterocycles. The van der Waals surface area contributed by atoms with E-state index in [2.05, 4.69) is 10.5 Å². The molecule has 0 unspecified atom stereocenters. The van der Waals surface area contributed by atoms with Crippen molar-refractivity contribution in [2.75, 3.05) is 54.7 Å². The first kappa shape index (κ1) is 24.6. The van der Waals surface area contributed by atoms with Crippen molar-refractivity contribution in [2.24, 2.45) is 5.10 Å². The molecule has 1 fully saturated rings. The third-order valence-corrected chi connectivity index (χ3v) is 4.96. The lowest BCUT2D eigenvalue weighted by Crippen LogP contribution is -2.42. The van der Waals surface area contributed by atoms with Gasteiger partial charge in [-0.05, 0) is 35.9 Å². The third-order valence-electron chi connectivity index (χ3n) is 4.96. The lowest BCUT2D eigenvalue weighted by atomic mass is 10.1. The van der Waals surface area contributed by atoms with Crippen LogP contribution in [0.25, 0.3) is 0 Å². The first-order chi connectivity index (χ1) is 16.5. The molecule has 0 spiro atoms. The number of rotatable bonds is 8. The van der Waals surface area contributed by atoms with Crippen molar-refractivity contribution >= 4 is 18.2 Å². The van der Waals surface area contributed by atoms with E-state index in [1.807, 2.05) is 0 Å². The van der Waals surface area contributed by atoms with Crippen LogP contribution in [-0.2, 0) is 4.74 Å². The van der Waals surface area contributed by atoms with Gasteiger partial charge in [-0.2, -0.15) is 5.10 Å². The highest BCUT2D eigenvalue weighted by Gasteiger charge is 2.20. The van der Waals surface area contributed by atoms with Gasteiger partial charge < -0.3 is 33.3 Å². The van der Waals surface area contributed by atoms with Crippen molar-refractivity contribution in [2.45, 2.75) is 0 Å². The van der Waals surface area contributed by atoms with E-state index in [1.165, 1.54) is 46.8 Å². The quantitative estimate of drug-likeness (QED) is 0.459. The lowest BCUT2D eigenvalue weighted by molar-refractivity contribution is 0.0413. The maximum Gasteiger partial charge on any atom is 0.415 e. The van der Waals surface area contributed by atoms with Crippen LogP contribution in [0.1, 0.15) is 15.9 Å². The maximum absolute atomic E-state index is 12.5. The normalized spacial score (nSPS) is 13.4. The lowest BCUT2D eigenvalue weighted by Gasteiger charge is -2.26. The number of ether oxygens (including phenoxy) is 6. The first-order valence-electron chi connectivity index (χ1n) is 10.4. The zero-order valence-electron chi connectivity index (χ0n) is 19.5. The Morgan fingerprint density at radius 2 is 1.56 bits per heavy atom. The fourth-order valence-corrected chi connectivity index (χ4v) is 3.20. The van der Waals surface area contributed by atoms with Crippen LogP contribution in [0.3, 0.4) is 0 Å². The second kappa shape index (κ2) is 11.8. The minimum Gasteiger partial charge on any atom is -0.493 e. The van der Waals surface area contributed by atoms with Gasteiger partial charge in [-0.15, -0.1) is 0 Å². The highest BCUT2D eigenvalue weighted by atomic mass is 16.6. The van der Waals surface area contributed by atoms with Gasteiger partial charge in [0.2, 0.25) is 5.75 Å². The molecule has 2 aromatic carbocycles. The summed E-state index contributed by atoms with van der Waals surface area (Å²) in [5, 5.41) is 3.99. The number of benzene rings is 2. The molecule has 0 radical (unpaired) electrons. The van der Waals surface area contributed by atoms with Gasteiger partial charge in [-0.1, -0.05) is 0 Å². The molecule has 34 heavy (non-hydrogen) atoms. The minimum absolute atomic E-state index is 0.273. The molecule has 11 heteroatoms. The largest absolute Gasteiger partial charge is 0.493 e. The van der Waals surface area contributed by atoms with E-state index in [1.54, 1.807) is 23.1 Å². The Labute approximate surface area is 197 Å². The molecule has 1 aliphatic heterocycles. The van der Waals surface area contributed by atoms with Crippen LogP contribution in [0.5, 0.6) is 28.7 Å². The fourth-order valence-electron chi connectivity index (χ4n) is 3.20. The van der Waals surface area contributed by atoms with E-state index in [0.29, 0.717) is 54.9 Å².